The first-order chi connectivity index (χ1) is 8.85. The van der Waals surface area contributed by atoms with Crippen molar-refractivity contribution in [2.75, 3.05) is 11.5 Å². The van der Waals surface area contributed by atoms with Crippen LogP contribution >= 0.6 is 0 Å². The van der Waals surface area contributed by atoms with E-state index in [9.17, 15) is 13.2 Å². The van der Waals surface area contributed by atoms with Gasteiger partial charge in [0.15, 0.2) is 9.84 Å². The lowest BCUT2D eigenvalue weighted by Gasteiger charge is -2.15. The molecule has 2 rings (SSSR count). The van der Waals surface area contributed by atoms with Crippen LogP contribution in [0.3, 0.4) is 0 Å². The van der Waals surface area contributed by atoms with E-state index in [4.69, 9.17) is 4.42 Å². The summed E-state index contributed by atoms with van der Waals surface area (Å²) < 4.78 is 28.0. The van der Waals surface area contributed by atoms with Gasteiger partial charge in [-0.15, -0.1) is 0 Å². The van der Waals surface area contributed by atoms with Crippen LogP contribution in [0.15, 0.2) is 16.5 Å². The van der Waals surface area contributed by atoms with E-state index in [1.165, 1.54) is 0 Å². The molecular weight excluding hydrogens is 268 g/mol. The highest BCUT2D eigenvalue weighted by Gasteiger charge is 2.29. The summed E-state index contributed by atoms with van der Waals surface area (Å²) in [6.07, 6.45) is 0.476. The number of rotatable bonds is 3. The molecule has 6 nitrogen and oxygen atoms in total. The summed E-state index contributed by atoms with van der Waals surface area (Å²) in [6, 6.07) is 2.71. The summed E-state index contributed by atoms with van der Waals surface area (Å²) in [7, 11) is -2.98. The van der Waals surface area contributed by atoms with Gasteiger partial charge in [0.2, 0.25) is 0 Å². The minimum absolute atomic E-state index is 0.0225. The van der Waals surface area contributed by atoms with Gasteiger partial charge in [-0.2, -0.15) is 0 Å². The average molecular weight is 286 g/mol. The van der Waals surface area contributed by atoms with Crippen molar-refractivity contribution in [2.24, 2.45) is 0 Å². The van der Waals surface area contributed by atoms with E-state index >= 15 is 0 Å². The summed E-state index contributed by atoms with van der Waals surface area (Å²) in [4.78, 5) is 11.7. The number of hydrogen-bond acceptors (Lipinski definition) is 4. The van der Waals surface area contributed by atoms with Crippen molar-refractivity contribution in [3.8, 4) is 0 Å². The predicted molar refractivity (Wildman–Crippen MR) is 70.6 cm³/mol. The van der Waals surface area contributed by atoms with E-state index < -0.39 is 9.84 Å². The third kappa shape index (κ3) is 3.73. The largest absolute Gasteiger partial charge is 0.464 e. The molecule has 7 heteroatoms. The Morgan fingerprint density at radius 3 is 2.74 bits per heavy atom. The molecule has 0 bridgehead atoms. The zero-order valence-corrected chi connectivity index (χ0v) is 11.8. The van der Waals surface area contributed by atoms with Gasteiger partial charge in [0.1, 0.15) is 11.5 Å². The Bertz CT molecular complexity index is 564. The molecule has 106 valence electrons. The van der Waals surface area contributed by atoms with Crippen LogP contribution in [0.4, 0.5) is 4.79 Å². The van der Waals surface area contributed by atoms with Gasteiger partial charge in [-0.3, -0.25) is 0 Å². The Balaban J connectivity index is 1.85. The zero-order valence-electron chi connectivity index (χ0n) is 11.0. The number of carbonyl (C=O) groups is 1. The predicted octanol–water partition coefficient (Wildman–Crippen LogP) is 1.14. The smallest absolute Gasteiger partial charge is 0.315 e. The van der Waals surface area contributed by atoms with E-state index in [2.05, 4.69) is 10.6 Å². The van der Waals surface area contributed by atoms with Crippen molar-refractivity contribution in [3.63, 3.8) is 0 Å². The van der Waals surface area contributed by atoms with Crippen molar-refractivity contribution in [3.05, 3.63) is 23.7 Å². The van der Waals surface area contributed by atoms with Crippen molar-refractivity contribution in [2.45, 2.75) is 32.4 Å². The Morgan fingerprint density at radius 1 is 1.47 bits per heavy atom. The van der Waals surface area contributed by atoms with E-state index in [0.29, 0.717) is 12.2 Å². The fourth-order valence-corrected chi connectivity index (χ4v) is 3.76. The van der Waals surface area contributed by atoms with Gasteiger partial charge >= 0.3 is 6.03 Å². The Labute approximate surface area is 112 Å². The maximum Gasteiger partial charge on any atom is 0.315 e. The maximum atomic E-state index is 11.7. The third-order valence-corrected chi connectivity index (χ3v) is 4.87. The fourth-order valence-electron chi connectivity index (χ4n) is 2.09. The number of hydrogen-bond donors (Lipinski definition) is 2. The van der Waals surface area contributed by atoms with Crippen LogP contribution < -0.4 is 10.6 Å². The lowest BCUT2D eigenvalue weighted by Crippen LogP contribution is -2.43. The Kier molecular flexibility index (Phi) is 3.84. The van der Waals surface area contributed by atoms with Crippen LogP contribution in [0, 0.1) is 6.92 Å². The molecule has 1 aromatic rings. The summed E-state index contributed by atoms with van der Waals surface area (Å²) in [6.45, 7) is 3.64. The van der Waals surface area contributed by atoms with E-state index in [0.717, 1.165) is 5.76 Å². The second-order valence-corrected chi connectivity index (χ2v) is 7.12. The topological polar surface area (TPSA) is 88.4 Å². The first-order valence-corrected chi connectivity index (χ1v) is 8.01. The molecule has 2 unspecified atom stereocenters. The van der Waals surface area contributed by atoms with Gasteiger partial charge in [0.05, 0.1) is 17.5 Å². The van der Waals surface area contributed by atoms with Crippen LogP contribution in [-0.4, -0.2) is 32.0 Å². The summed E-state index contributed by atoms with van der Waals surface area (Å²) in [5.74, 6) is 1.62. The van der Waals surface area contributed by atoms with Crippen molar-refractivity contribution in [1.82, 2.24) is 10.6 Å². The molecule has 2 amide bonds. The van der Waals surface area contributed by atoms with Gasteiger partial charge in [0.25, 0.3) is 0 Å². The molecule has 2 N–H and O–H groups in total. The van der Waals surface area contributed by atoms with E-state index in [1.54, 1.807) is 6.07 Å². The zero-order chi connectivity index (χ0) is 14.0. The molecule has 19 heavy (non-hydrogen) atoms. The van der Waals surface area contributed by atoms with Crippen LogP contribution in [0.1, 0.15) is 30.9 Å². The first kappa shape index (κ1) is 13.9. The number of furan rings is 1. The minimum Gasteiger partial charge on any atom is -0.464 e. The van der Waals surface area contributed by atoms with Crippen molar-refractivity contribution in [1.29, 1.82) is 0 Å². The summed E-state index contributed by atoms with van der Waals surface area (Å²) >= 11 is 0. The molecule has 1 aliphatic heterocycles. The molecular formula is C12H18N2O4S. The van der Waals surface area contributed by atoms with Crippen molar-refractivity contribution < 1.29 is 17.6 Å². The normalized spacial score (nSPS) is 22.9. The maximum absolute atomic E-state index is 11.7. The summed E-state index contributed by atoms with van der Waals surface area (Å²) in [5, 5.41) is 5.40. The lowest BCUT2D eigenvalue weighted by atomic mass is 10.2. The molecule has 0 spiro atoms. The Hall–Kier alpha value is -1.50. The second kappa shape index (κ2) is 5.24. The lowest BCUT2D eigenvalue weighted by molar-refractivity contribution is 0.233. The molecule has 0 radical (unpaired) electrons. The summed E-state index contributed by atoms with van der Waals surface area (Å²) in [5.41, 5.74) is 0. The van der Waals surface area contributed by atoms with Crippen LogP contribution in [0.25, 0.3) is 0 Å². The van der Waals surface area contributed by atoms with Gasteiger partial charge in [-0.25, -0.2) is 13.2 Å². The second-order valence-electron chi connectivity index (χ2n) is 4.89. The molecule has 0 aliphatic carbocycles. The number of nitrogens with one attached hydrogen (secondary N) is 2. The molecule has 1 fully saturated rings. The molecule has 2 atom stereocenters. The van der Waals surface area contributed by atoms with Gasteiger partial charge in [-0.1, -0.05) is 0 Å². The van der Waals surface area contributed by atoms with Gasteiger partial charge in [-0.05, 0) is 32.4 Å². The van der Waals surface area contributed by atoms with Crippen LogP contribution in [-0.2, 0) is 9.84 Å². The highest BCUT2D eigenvalue weighted by molar-refractivity contribution is 7.91. The average Bonchev–Trinajstić information content (AvgIpc) is 2.85. The number of sulfone groups is 1. The molecule has 1 aromatic heterocycles. The van der Waals surface area contributed by atoms with E-state index in [-0.39, 0.29) is 29.6 Å². The van der Waals surface area contributed by atoms with Crippen LogP contribution in [0.5, 0.6) is 0 Å². The fraction of sp³-hybridized carbons (Fsp3) is 0.583. The quantitative estimate of drug-likeness (QED) is 0.872. The number of carbonyl (C=O) groups excluding carboxylic acids is 1. The monoisotopic (exact) mass is 286 g/mol. The third-order valence-electron chi connectivity index (χ3n) is 3.10. The van der Waals surface area contributed by atoms with E-state index in [1.807, 2.05) is 19.9 Å². The molecule has 0 aromatic carbocycles. The standard InChI is InChI=1S/C12H18N2O4S/c1-8-3-4-11(18-8)9(2)13-12(15)14-10-5-6-19(16,17)7-10/h3-4,9-10H,5-7H2,1-2H3,(H2,13,14,15). The molecule has 0 saturated carbocycles. The number of amides is 2. The molecule has 1 aliphatic rings. The van der Waals surface area contributed by atoms with Gasteiger partial charge in [0, 0.05) is 6.04 Å². The highest BCUT2D eigenvalue weighted by atomic mass is 32.2. The van der Waals surface area contributed by atoms with Crippen LogP contribution in [0.2, 0.25) is 0 Å². The van der Waals surface area contributed by atoms with Gasteiger partial charge < -0.3 is 15.1 Å². The van der Waals surface area contributed by atoms with Crippen molar-refractivity contribution >= 4 is 15.9 Å². The first-order valence-electron chi connectivity index (χ1n) is 6.19. The number of urea groups is 1. The molecule has 2 heterocycles. The Morgan fingerprint density at radius 2 is 2.21 bits per heavy atom. The SMILES string of the molecule is Cc1ccc(C(C)NC(=O)NC2CCS(=O)(=O)C2)o1. The number of aryl methyl sites for hydroxylation is 1. The minimum atomic E-state index is -2.98. The highest BCUT2D eigenvalue weighted by Crippen LogP contribution is 2.16. The molecule has 1 saturated heterocycles.